The smallest absolute Gasteiger partial charge is 0.0430 e. The Hall–Kier alpha value is 0.230. The molecule has 0 aliphatic rings. The van der Waals surface area contributed by atoms with E-state index in [9.17, 15) is 0 Å². The average molecular weight is 405 g/mol. The van der Waals surface area contributed by atoms with Crippen molar-refractivity contribution in [3.8, 4) is 0 Å². The first-order valence-electron chi connectivity index (χ1n) is 10.1. The van der Waals surface area contributed by atoms with E-state index in [0.29, 0.717) is 33.0 Å². The second-order valence-electron chi connectivity index (χ2n) is 5.39. The Morgan fingerprint density at radius 1 is 0.346 bits per heavy atom. The molecule has 1 atom stereocenters. The first-order valence-corrected chi connectivity index (χ1v) is 10.1. The summed E-state index contributed by atoms with van der Waals surface area (Å²) in [6, 6.07) is 0. The standard InChI is InChI=1S/5C4H10O.H3P/c5*1-2-3-4-5;/h5*5H,2-4H2,1H3;1H3. The Bertz CT molecular complexity index is 96.5. The lowest BCUT2D eigenvalue weighted by Gasteiger charge is -1.79. The quantitative estimate of drug-likeness (QED) is 0.355. The van der Waals surface area contributed by atoms with Gasteiger partial charge in [-0.3, -0.25) is 0 Å². The molecule has 0 rings (SSSR count). The maximum absolute atomic E-state index is 8.07. The number of aliphatic hydroxyl groups is 5. The number of unbranched alkanes of at least 4 members (excludes halogenated alkanes) is 5. The van der Waals surface area contributed by atoms with Crippen molar-refractivity contribution >= 4 is 9.90 Å². The molecule has 0 aliphatic heterocycles. The molecule has 168 valence electrons. The molecule has 0 saturated heterocycles. The van der Waals surface area contributed by atoms with E-state index in [1.54, 1.807) is 0 Å². The largest absolute Gasteiger partial charge is 0.396 e. The predicted octanol–water partition coefficient (Wildman–Crippen LogP) is 3.95. The highest BCUT2D eigenvalue weighted by molar-refractivity contribution is 6.92. The molecule has 0 radical (unpaired) electrons. The van der Waals surface area contributed by atoms with Gasteiger partial charge in [-0.2, -0.15) is 9.90 Å². The highest BCUT2D eigenvalue weighted by atomic mass is 31.0. The molecule has 0 aromatic heterocycles. The van der Waals surface area contributed by atoms with Gasteiger partial charge in [0, 0.05) is 33.0 Å². The molecule has 5 nitrogen and oxygen atoms in total. The third-order valence-corrected chi connectivity index (χ3v) is 2.56. The first kappa shape index (κ1) is 40.8. The van der Waals surface area contributed by atoms with E-state index < -0.39 is 0 Å². The second-order valence-corrected chi connectivity index (χ2v) is 5.39. The van der Waals surface area contributed by atoms with Crippen molar-refractivity contribution in [1.29, 1.82) is 0 Å². The summed E-state index contributed by atoms with van der Waals surface area (Å²) in [6.45, 7) is 12.0. The van der Waals surface area contributed by atoms with E-state index in [1.807, 2.05) is 0 Å². The molecule has 26 heavy (non-hydrogen) atoms. The summed E-state index contributed by atoms with van der Waals surface area (Å²) in [7, 11) is 0. The Balaban J connectivity index is -0.0000000476. The molecule has 6 heteroatoms. The predicted molar refractivity (Wildman–Crippen MR) is 121 cm³/mol. The molecule has 0 saturated carbocycles. The topological polar surface area (TPSA) is 101 Å². The summed E-state index contributed by atoms with van der Waals surface area (Å²) < 4.78 is 0. The van der Waals surface area contributed by atoms with E-state index in [0.717, 1.165) is 64.2 Å². The van der Waals surface area contributed by atoms with E-state index in [1.165, 1.54) is 0 Å². The zero-order valence-corrected chi connectivity index (χ0v) is 20.0. The van der Waals surface area contributed by atoms with Gasteiger partial charge in [-0.15, -0.1) is 0 Å². The summed E-state index contributed by atoms with van der Waals surface area (Å²) in [5, 5.41) is 40.3. The minimum Gasteiger partial charge on any atom is -0.396 e. The molecule has 0 spiro atoms. The van der Waals surface area contributed by atoms with Crippen molar-refractivity contribution < 1.29 is 25.5 Å². The third kappa shape index (κ3) is 125. The Morgan fingerprint density at radius 2 is 0.462 bits per heavy atom. The first-order chi connectivity index (χ1) is 12.1. The van der Waals surface area contributed by atoms with Gasteiger partial charge in [0.25, 0.3) is 0 Å². The highest BCUT2D eigenvalue weighted by Gasteiger charge is 1.71. The van der Waals surface area contributed by atoms with Crippen LogP contribution in [0, 0.1) is 0 Å². The van der Waals surface area contributed by atoms with E-state index in [2.05, 4.69) is 34.6 Å². The van der Waals surface area contributed by atoms with Crippen LogP contribution in [0.15, 0.2) is 0 Å². The van der Waals surface area contributed by atoms with Gasteiger partial charge in [0.05, 0.1) is 0 Å². The monoisotopic (exact) mass is 404 g/mol. The molecular formula is C20H53O5P. The van der Waals surface area contributed by atoms with Gasteiger partial charge in [-0.1, -0.05) is 66.7 Å². The normalized spacial score (nSPS) is 8.08. The van der Waals surface area contributed by atoms with Crippen LogP contribution in [0.25, 0.3) is 0 Å². The molecule has 5 N–H and O–H groups in total. The fourth-order valence-corrected chi connectivity index (χ4v) is 0.791. The van der Waals surface area contributed by atoms with Crippen LogP contribution in [0.4, 0.5) is 0 Å². The summed E-state index contributed by atoms with van der Waals surface area (Å²) in [5.74, 6) is 0. The van der Waals surface area contributed by atoms with Crippen LogP contribution in [0.2, 0.25) is 0 Å². The third-order valence-electron chi connectivity index (χ3n) is 2.56. The van der Waals surface area contributed by atoms with Crippen molar-refractivity contribution in [1.82, 2.24) is 0 Å². The van der Waals surface area contributed by atoms with E-state index in [4.69, 9.17) is 25.5 Å². The Kier molecular flexibility index (Phi) is 100. The fourth-order valence-electron chi connectivity index (χ4n) is 0.791. The molecular weight excluding hydrogens is 351 g/mol. The number of rotatable bonds is 10. The molecule has 0 amide bonds. The van der Waals surface area contributed by atoms with Gasteiger partial charge in [-0.25, -0.2) is 0 Å². The lowest BCUT2D eigenvalue weighted by Crippen LogP contribution is -1.75. The highest BCUT2D eigenvalue weighted by Crippen LogP contribution is 1.80. The summed E-state index contributed by atoms with van der Waals surface area (Å²) in [4.78, 5) is 0. The van der Waals surface area contributed by atoms with Crippen LogP contribution in [-0.2, 0) is 0 Å². The van der Waals surface area contributed by atoms with Gasteiger partial charge in [0.2, 0.25) is 0 Å². The number of aliphatic hydroxyl groups excluding tert-OH is 5. The van der Waals surface area contributed by atoms with Gasteiger partial charge in [0.15, 0.2) is 0 Å². The lowest BCUT2D eigenvalue weighted by atomic mass is 10.4. The Morgan fingerprint density at radius 3 is 0.462 bits per heavy atom. The zero-order chi connectivity index (χ0) is 20.6. The van der Waals surface area contributed by atoms with Crippen LogP contribution >= 0.6 is 9.90 Å². The van der Waals surface area contributed by atoms with Crippen LogP contribution in [-0.4, -0.2) is 58.6 Å². The van der Waals surface area contributed by atoms with Crippen molar-refractivity contribution in [3.05, 3.63) is 0 Å². The molecule has 0 aliphatic carbocycles. The fraction of sp³-hybridized carbons (Fsp3) is 1.00. The van der Waals surface area contributed by atoms with Gasteiger partial charge in [-0.05, 0) is 32.1 Å². The van der Waals surface area contributed by atoms with Crippen molar-refractivity contribution in [2.45, 2.75) is 98.8 Å². The number of hydrogen-bond donors (Lipinski definition) is 5. The van der Waals surface area contributed by atoms with Crippen molar-refractivity contribution in [2.75, 3.05) is 33.0 Å². The summed E-state index contributed by atoms with van der Waals surface area (Å²) in [5.41, 5.74) is 0. The van der Waals surface area contributed by atoms with Gasteiger partial charge < -0.3 is 25.5 Å². The lowest BCUT2D eigenvalue weighted by molar-refractivity contribution is 0.286. The van der Waals surface area contributed by atoms with Crippen molar-refractivity contribution in [3.63, 3.8) is 0 Å². The van der Waals surface area contributed by atoms with Gasteiger partial charge in [0.1, 0.15) is 0 Å². The minimum atomic E-state index is 0. The van der Waals surface area contributed by atoms with Gasteiger partial charge >= 0.3 is 0 Å². The van der Waals surface area contributed by atoms with Crippen LogP contribution in [0.1, 0.15) is 98.8 Å². The maximum atomic E-state index is 8.07. The molecule has 0 aromatic carbocycles. The SMILES string of the molecule is CCCCO.CCCCO.CCCCO.CCCCO.CCCCO.P. The Labute approximate surface area is 167 Å². The zero-order valence-electron chi connectivity index (χ0n) is 18.5. The van der Waals surface area contributed by atoms with Crippen LogP contribution in [0.3, 0.4) is 0 Å². The summed E-state index contributed by atoms with van der Waals surface area (Å²) >= 11 is 0. The second kappa shape index (κ2) is 63.9. The average Bonchev–Trinajstić information content (AvgIpc) is 2.61. The molecule has 1 unspecified atom stereocenters. The van der Waals surface area contributed by atoms with Crippen molar-refractivity contribution in [2.24, 2.45) is 0 Å². The molecule has 0 fully saturated rings. The molecule has 0 aromatic rings. The van der Waals surface area contributed by atoms with Crippen LogP contribution < -0.4 is 0 Å². The minimum absolute atomic E-state index is 0. The van der Waals surface area contributed by atoms with E-state index >= 15 is 0 Å². The van der Waals surface area contributed by atoms with E-state index in [-0.39, 0.29) is 9.90 Å². The maximum Gasteiger partial charge on any atom is 0.0430 e. The molecule has 0 bridgehead atoms. The summed E-state index contributed by atoms with van der Waals surface area (Å²) in [6.07, 6.45) is 10.2. The number of hydrogen-bond acceptors (Lipinski definition) is 5. The molecule has 0 heterocycles. The van der Waals surface area contributed by atoms with Crippen LogP contribution in [0.5, 0.6) is 0 Å².